The number of benzene rings is 1. The van der Waals surface area contributed by atoms with Gasteiger partial charge in [0.25, 0.3) is 0 Å². The average molecular weight is 338 g/mol. The molecular formula is C18H28BrN. The Morgan fingerprint density at radius 1 is 1.35 bits per heavy atom. The number of hydrogen-bond acceptors (Lipinski definition) is 1. The molecule has 1 fully saturated rings. The Morgan fingerprint density at radius 3 is 2.85 bits per heavy atom. The summed E-state index contributed by atoms with van der Waals surface area (Å²) < 4.78 is 1.24. The zero-order chi connectivity index (χ0) is 14.5. The highest BCUT2D eigenvalue weighted by atomic mass is 79.9. The van der Waals surface area contributed by atoms with Crippen molar-refractivity contribution in [3.8, 4) is 0 Å². The van der Waals surface area contributed by atoms with Gasteiger partial charge in [0.15, 0.2) is 0 Å². The van der Waals surface area contributed by atoms with Gasteiger partial charge in [-0.15, -0.1) is 0 Å². The van der Waals surface area contributed by atoms with Gasteiger partial charge in [0.05, 0.1) is 0 Å². The van der Waals surface area contributed by atoms with Crippen LogP contribution in [0.3, 0.4) is 0 Å². The Morgan fingerprint density at radius 2 is 2.15 bits per heavy atom. The van der Waals surface area contributed by atoms with E-state index in [1.807, 2.05) is 0 Å². The summed E-state index contributed by atoms with van der Waals surface area (Å²) in [5.74, 6) is 1.67. The lowest BCUT2D eigenvalue weighted by Crippen LogP contribution is -2.32. The van der Waals surface area contributed by atoms with Crippen molar-refractivity contribution in [2.45, 2.75) is 58.9 Å². The lowest BCUT2D eigenvalue weighted by atomic mass is 9.76. The Hall–Kier alpha value is -0.340. The molecule has 0 radical (unpaired) electrons. The van der Waals surface area contributed by atoms with E-state index in [0.29, 0.717) is 6.04 Å². The Kier molecular flexibility index (Phi) is 6.10. The molecule has 1 aromatic carbocycles. The van der Waals surface area contributed by atoms with Crippen molar-refractivity contribution in [2.75, 3.05) is 6.54 Å². The van der Waals surface area contributed by atoms with E-state index in [1.165, 1.54) is 47.7 Å². The van der Waals surface area contributed by atoms with Gasteiger partial charge in [-0.05, 0) is 61.8 Å². The first-order chi connectivity index (χ1) is 9.63. The van der Waals surface area contributed by atoms with Crippen LogP contribution in [0.15, 0.2) is 22.7 Å². The quantitative estimate of drug-likeness (QED) is 0.734. The third kappa shape index (κ3) is 3.85. The fourth-order valence-corrected chi connectivity index (χ4v) is 3.96. The Labute approximate surface area is 132 Å². The molecule has 2 rings (SSSR count). The third-order valence-corrected chi connectivity index (χ3v) is 5.57. The third-order valence-electron chi connectivity index (χ3n) is 4.71. The first-order valence-corrected chi connectivity index (χ1v) is 8.91. The molecule has 0 spiro atoms. The molecule has 1 nitrogen and oxygen atoms in total. The molecule has 2 heteroatoms. The monoisotopic (exact) mass is 337 g/mol. The van der Waals surface area contributed by atoms with Gasteiger partial charge in [-0.2, -0.15) is 0 Å². The second kappa shape index (κ2) is 7.61. The van der Waals surface area contributed by atoms with Crippen LogP contribution in [0.25, 0.3) is 0 Å². The molecule has 0 saturated heterocycles. The highest BCUT2D eigenvalue weighted by molar-refractivity contribution is 9.10. The molecule has 1 aliphatic rings. The summed E-state index contributed by atoms with van der Waals surface area (Å²) in [7, 11) is 0. The first-order valence-electron chi connectivity index (χ1n) is 8.11. The number of nitrogens with one attached hydrogen (secondary N) is 1. The van der Waals surface area contributed by atoms with Gasteiger partial charge >= 0.3 is 0 Å². The summed E-state index contributed by atoms with van der Waals surface area (Å²) in [6, 6.07) is 7.17. The fraction of sp³-hybridized carbons (Fsp3) is 0.667. The highest BCUT2D eigenvalue weighted by Gasteiger charge is 2.28. The van der Waals surface area contributed by atoms with Crippen molar-refractivity contribution in [3.63, 3.8) is 0 Å². The van der Waals surface area contributed by atoms with Crippen LogP contribution < -0.4 is 5.32 Å². The Balaban J connectivity index is 2.24. The molecule has 3 unspecified atom stereocenters. The van der Waals surface area contributed by atoms with Gasteiger partial charge < -0.3 is 5.32 Å². The maximum absolute atomic E-state index is 3.82. The number of rotatable bonds is 5. The largest absolute Gasteiger partial charge is 0.310 e. The average Bonchev–Trinajstić information content (AvgIpc) is 2.44. The highest BCUT2D eigenvalue weighted by Crippen LogP contribution is 2.39. The van der Waals surface area contributed by atoms with E-state index >= 15 is 0 Å². The molecule has 1 N–H and O–H groups in total. The van der Waals surface area contributed by atoms with Crippen LogP contribution in [0.5, 0.6) is 0 Å². The Bertz CT molecular complexity index is 429. The van der Waals surface area contributed by atoms with Gasteiger partial charge in [-0.25, -0.2) is 0 Å². The molecule has 0 aliphatic heterocycles. The van der Waals surface area contributed by atoms with Crippen molar-refractivity contribution in [1.29, 1.82) is 0 Å². The van der Waals surface area contributed by atoms with Crippen LogP contribution in [0.1, 0.15) is 63.1 Å². The minimum Gasteiger partial charge on any atom is -0.310 e. The number of hydrogen-bond donors (Lipinski definition) is 1. The molecule has 1 aliphatic carbocycles. The fourth-order valence-electron chi connectivity index (χ4n) is 3.58. The second-order valence-electron chi connectivity index (χ2n) is 6.42. The molecule has 0 heterocycles. The molecule has 3 atom stereocenters. The van der Waals surface area contributed by atoms with E-state index in [2.05, 4.69) is 60.2 Å². The summed E-state index contributed by atoms with van der Waals surface area (Å²) in [6.45, 7) is 8.02. The zero-order valence-corrected chi connectivity index (χ0v) is 14.7. The van der Waals surface area contributed by atoms with Crippen LogP contribution in [0.2, 0.25) is 0 Å². The molecule has 0 bridgehead atoms. The van der Waals surface area contributed by atoms with Gasteiger partial charge in [0.2, 0.25) is 0 Å². The lowest BCUT2D eigenvalue weighted by Gasteiger charge is -2.35. The van der Waals surface area contributed by atoms with Gasteiger partial charge in [0.1, 0.15) is 0 Å². The van der Waals surface area contributed by atoms with E-state index in [1.54, 1.807) is 0 Å². The summed E-state index contributed by atoms with van der Waals surface area (Å²) in [6.07, 6.45) is 6.74. The minimum absolute atomic E-state index is 0.523. The molecule has 0 aromatic heterocycles. The summed E-state index contributed by atoms with van der Waals surface area (Å²) in [5.41, 5.74) is 2.89. The van der Waals surface area contributed by atoms with Crippen molar-refractivity contribution in [1.82, 2.24) is 5.32 Å². The zero-order valence-electron chi connectivity index (χ0n) is 13.1. The van der Waals surface area contributed by atoms with Gasteiger partial charge in [-0.3, -0.25) is 0 Å². The van der Waals surface area contributed by atoms with E-state index in [0.717, 1.165) is 18.4 Å². The van der Waals surface area contributed by atoms with Crippen molar-refractivity contribution in [2.24, 2.45) is 11.8 Å². The molecule has 112 valence electrons. The van der Waals surface area contributed by atoms with E-state index in [9.17, 15) is 0 Å². The van der Waals surface area contributed by atoms with Gasteiger partial charge in [0, 0.05) is 10.5 Å². The molecule has 0 amide bonds. The van der Waals surface area contributed by atoms with Crippen LogP contribution in [-0.4, -0.2) is 6.54 Å². The van der Waals surface area contributed by atoms with Crippen molar-refractivity contribution >= 4 is 15.9 Å². The van der Waals surface area contributed by atoms with Crippen molar-refractivity contribution < 1.29 is 0 Å². The maximum atomic E-state index is 3.82. The van der Waals surface area contributed by atoms with Crippen LogP contribution in [-0.2, 0) is 0 Å². The summed E-state index contributed by atoms with van der Waals surface area (Å²) >= 11 is 3.69. The van der Waals surface area contributed by atoms with E-state index in [4.69, 9.17) is 0 Å². The SMILES string of the molecule is CCCNC(c1cccc(Br)c1C)C1CCCC(C)C1. The summed E-state index contributed by atoms with van der Waals surface area (Å²) in [5, 5.41) is 3.82. The standard InChI is InChI=1S/C18H28BrN/c1-4-11-20-18(15-8-5-7-13(2)12-15)16-9-6-10-17(19)14(16)3/h6,9-10,13,15,18,20H,4-5,7-8,11-12H2,1-3H3. The summed E-state index contributed by atoms with van der Waals surface area (Å²) in [4.78, 5) is 0. The van der Waals surface area contributed by atoms with Crippen LogP contribution >= 0.6 is 15.9 Å². The van der Waals surface area contributed by atoms with Crippen molar-refractivity contribution in [3.05, 3.63) is 33.8 Å². The molecule has 1 saturated carbocycles. The van der Waals surface area contributed by atoms with Crippen LogP contribution in [0, 0.1) is 18.8 Å². The molecular weight excluding hydrogens is 310 g/mol. The topological polar surface area (TPSA) is 12.0 Å². The van der Waals surface area contributed by atoms with E-state index < -0.39 is 0 Å². The van der Waals surface area contributed by atoms with Gasteiger partial charge in [-0.1, -0.05) is 54.8 Å². The van der Waals surface area contributed by atoms with E-state index in [-0.39, 0.29) is 0 Å². The number of halogens is 1. The normalized spacial score (nSPS) is 24.6. The smallest absolute Gasteiger partial charge is 0.0351 e. The minimum atomic E-state index is 0.523. The maximum Gasteiger partial charge on any atom is 0.0351 e. The first kappa shape index (κ1) is 16.0. The van der Waals surface area contributed by atoms with Crippen LogP contribution in [0.4, 0.5) is 0 Å². The predicted octanol–water partition coefficient (Wildman–Crippen LogP) is 5.62. The predicted molar refractivity (Wildman–Crippen MR) is 91.0 cm³/mol. The second-order valence-corrected chi connectivity index (χ2v) is 7.27. The molecule has 1 aromatic rings. The molecule has 20 heavy (non-hydrogen) atoms. The lowest BCUT2D eigenvalue weighted by molar-refractivity contribution is 0.223.